The summed E-state index contributed by atoms with van der Waals surface area (Å²) in [6, 6.07) is 6.80. The van der Waals surface area contributed by atoms with Crippen LogP contribution in [0.4, 0.5) is 13.2 Å². The average Bonchev–Trinajstić information content (AvgIpc) is 2.68. The molecule has 1 unspecified atom stereocenters. The SMILES string of the molecule is Cc1cc(Br)c(C(O)Cc2ccc(C(F)(F)F)cc2)s1. The Labute approximate surface area is 127 Å². The maximum absolute atomic E-state index is 12.4. The molecular weight excluding hydrogens is 353 g/mol. The van der Waals surface area contributed by atoms with E-state index in [4.69, 9.17) is 0 Å². The van der Waals surface area contributed by atoms with Crippen molar-refractivity contribution < 1.29 is 18.3 Å². The van der Waals surface area contributed by atoms with Gasteiger partial charge in [-0.2, -0.15) is 13.2 Å². The third-order valence-corrected chi connectivity index (χ3v) is 4.92. The second kappa shape index (κ2) is 5.87. The summed E-state index contributed by atoms with van der Waals surface area (Å²) in [5.74, 6) is 0. The van der Waals surface area contributed by atoms with Gasteiger partial charge in [-0.1, -0.05) is 12.1 Å². The van der Waals surface area contributed by atoms with Gasteiger partial charge >= 0.3 is 6.18 Å². The molecule has 0 fully saturated rings. The standard InChI is InChI=1S/C14H12BrF3OS/c1-8-6-11(15)13(20-8)12(19)7-9-2-4-10(5-3-9)14(16,17)18/h2-6,12,19H,7H2,1H3. The van der Waals surface area contributed by atoms with Crippen LogP contribution in [-0.2, 0) is 12.6 Å². The third-order valence-electron chi connectivity index (χ3n) is 2.85. The first-order valence-corrected chi connectivity index (χ1v) is 7.48. The van der Waals surface area contributed by atoms with E-state index in [-0.39, 0.29) is 6.42 Å². The average molecular weight is 365 g/mol. The summed E-state index contributed by atoms with van der Waals surface area (Å²) in [7, 11) is 0. The van der Waals surface area contributed by atoms with Crippen LogP contribution in [0.5, 0.6) is 0 Å². The van der Waals surface area contributed by atoms with Crippen LogP contribution in [0.25, 0.3) is 0 Å². The molecule has 1 nitrogen and oxygen atoms in total. The van der Waals surface area contributed by atoms with Gasteiger partial charge in [-0.05, 0) is 46.6 Å². The molecule has 0 radical (unpaired) electrons. The van der Waals surface area contributed by atoms with Crippen molar-refractivity contribution in [2.75, 3.05) is 0 Å². The number of aryl methyl sites for hydroxylation is 1. The topological polar surface area (TPSA) is 20.2 Å². The molecule has 20 heavy (non-hydrogen) atoms. The van der Waals surface area contributed by atoms with Crippen LogP contribution >= 0.6 is 27.3 Å². The van der Waals surface area contributed by atoms with Gasteiger partial charge in [-0.25, -0.2) is 0 Å². The lowest BCUT2D eigenvalue weighted by Crippen LogP contribution is -2.05. The molecule has 2 rings (SSSR count). The molecule has 1 N–H and O–H groups in total. The second-order valence-electron chi connectivity index (χ2n) is 4.48. The minimum Gasteiger partial charge on any atom is -0.387 e. The lowest BCUT2D eigenvalue weighted by Gasteiger charge is -2.11. The molecule has 0 saturated heterocycles. The van der Waals surface area contributed by atoms with E-state index >= 15 is 0 Å². The number of benzene rings is 1. The normalized spacial score (nSPS) is 13.5. The largest absolute Gasteiger partial charge is 0.416 e. The first-order valence-electron chi connectivity index (χ1n) is 5.87. The number of halogens is 4. The van der Waals surface area contributed by atoms with Gasteiger partial charge < -0.3 is 5.11 Å². The van der Waals surface area contributed by atoms with Crippen molar-refractivity contribution in [2.45, 2.75) is 25.6 Å². The Bertz CT molecular complexity index is 589. The predicted molar refractivity (Wildman–Crippen MR) is 76.9 cm³/mol. The monoisotopic (exact) mass is 364 g/mol. The Morgan fingerprint density at radius 1 is 1.25 bits per heavy atom. The Morgan fingerprint density at radius 3 is 2.30 bits per heavy atom. The molecule has 1 atom stereocenters. The fourth-order valence-electron chi connectivity index (χ4n) is 1.87. The van der Waals surface area contributed by atoms with Crippen molar-refractivity contribution in [3.8, 4) is 0 Å². The molecule has 0 spiro atoms. The summed E-state index contributed by atoms with van der Waals surface area (Å²) in [6.07, 6.45) is -4.76. The number of hydrogen-bond donors (Lipinski definition) is 1. The van der Waals surface area contributed by atoms with Crippen LogP contribution in [0, 0.1) is 6.92 Å². The molecule has 2 aromatic rings. The van der Waals surface area contributed by atoms with E-state index in [0.29, 0.717) is 5.56 Å². The Balaban J connectivity index is 2.12. The number of rotatable bonds is 3. The van der Waals surface area contributed by atoms with E-state index < -0.39 is 17.8 Å². The van der Waals surface area contributed by atoms with Gasteiger partial charge in [0, 0.05) is 20.6 Å². The second-order valence-corrected chi connectivity index (χ2v) is 6.63. The summed E-state index contributed by atoms with van der Waals surface area (Å²) in [6.45, 7) is 1.93. The van der Waals surface area contributed by atoms with E-state index in [1.165, 1.54) is 23.5 Å². The highest BCUT2D eigenvalue weighted by Crippen LogP contribution is 2.34. The molecule has 0 saturated carbocycles. The van der Waals surface area contributed by atoms with E-state index in [0.717, 1.165) is 26.4 Å². The van der Waals surface area contributed by atoms with Crippen molar-refractivity contribution in [1.29, 1.82) is 0 Å². The number of aliphatic hydroxyl groups excluding tert-OH is 1. The fourth-order valence-corrected chi connectivity index (χ4v) is 3.78. The van der Waals surface area contributed by atoms with Gasteiger partial charge in [0.2, 0.25) is 0 Å². The highest BCUT2D eigenvalue weighted by Gasteiger charge is 2.30. The van der Waals surface area contributed by atoms with Crippen LogP contribution in [-0.4, -0.2) is 5.11 Å². The van der Waals surface area contributed by atoms with Crippen molar-refractivity contribution >= 4 is 27.3 Å². The predicted octanol–water partition coefficient (Wildman–Crippen LogP) is 5.11. The molecule has 108 valence electrons. The van der Waals surface area contributed by atoms with Gasteiger partial charge in [-0.3, -0.25) is 0 Å². The molecule has 1 heterocycles. The van der Waals surface area contributed by atoms with Gasteiger partial charge in [0.15, 0.2) is 0 Å². The summed E-state index contributed by atoms with van der Waals surface area (Å²) in [5.41, 5.74) is -0.00709. The molecular formula is C14H12BrF3OS. The van der Waals surface area contributed by atoms with Crippen LogP contribution in [0.15, 0.2) is 34.8 Å². The minimum absolute atomic E-state index is 0.288. The van der Waals surface area contributed by atoms with Crippen molar-refractivity contribution in [3.05, 3.63) is 55.7 Å². The number of thiophene rings is 1. The van der Waals surface area contributed by atoms with E-state index in [1.54, 1.807) is 0 Å². The molecule has 1 aromatic carbocycles. The summed E-state index contributed by atoms with van der Waals surface area (Å²) >= 11 is 4.84. The molecule has 6 heteroatoms. The van der Waals surface area contributed by atoms with Crippen molar-refractivity contribution in [3.63, 3.8) is 0 Å². The third kappa shape index (κ3) is 3.62. The summed E-state index contributed by atoms with van der Waals surface area (Å²) < 4.78 is 38.2. The zero-order valence-corrected chi connectivity index (χ0v) is 12.9. The number of alkyl halides is 3. The highest BCUT2D eigenvalue weighted by atomic mass is 79.9. The summed E-state index contributed by atoms with van der Waals surface area (Å²) in [4.78, 5) is 1.86. The lowest BCUT2D eigenvalue weighted by molar-refractivity contribution is -0.137. The van der Waals surface area contributed by atoms with Crippen molar-refractivity contribution in [1.82, 2.24) is 0 Å². The number of aliphatic hydroxyl groups is 1. The van der Waals surface area contributed by atoms with Gasteiger partial charge in [0.05, 0.1) is 11.7 Å². The quantitative estimate of drug-likeness (QED) is 0.801. The van der Waals surface area contributed by atoms with Crippen LogP contribution in [0.3, 0.4) is 0 Å². The Morgan fingerprint density at radius 2 is 1.85 bits per heavy atom. The van der Waals surface area contributed by atoms with Gasteiger partial charge in [-0.15, -0.1) is 11.3 Å². The molecule has 1 aromatic heterocycles. The maximum atomic E-state index is 12.4. The molecule has 0 bridgehead atoms. The zero-order valence-electron chi connectivity index (χ0n) is 10.5. The smallest absolute Gasteiger partial charge is 0.387 e. The van der Waals surface area contributed by atoms with Gasteiger partial charge in [0.25, 0.3) is 0 Å². The van der Waals surface area contributed by atoms with Crippen molar-refractivity contribution in [2.24, 2.45) is 0 Å². The molecule has 0 amide bonds. The van der Waals surface area contributed by atoms with E-state index in [9.17, 15) is 18.3 Å². The van der Waals surface area contributed by atoms with Crippen LogP contribution < -0.4 is 0 Å². The fraction of sp³-hybridized carbons (Fsp3) is 0.286. The molecule has 0 aliphatic carbocycles. The van der Waals surface area contributed by atoms with Crippen LogP contribution in [0.2, 0.25) is 0 Å². The molecule has 0 aliphatic rings. The van der Waals surface area contributed by atoms with Crippen LogP contribution in [0.1, 0.15) is 27.0 Å². The molecule has 0 aliphatic heterocycles. The highest BCUT2D eigenvalue weighted by molar-refractivity contribution is 9.10. The lowest BCUT2D eigenvalue weighted by atomic mass is 10.0. The summed E-state index contributed by atoms with van der Waals surface area (Å²) in [5, 5.41) is 10.2. The number of hydrogen-bond acceptors (Lipinski definition) is 2. The first kappa shape index (κ1) is 15.5. The Kier molecular flexibility index (Phi) is 4.56. The van der Waals surface area contributed by atoms with E-state index in [1.807, 2.05) is 13.0 Å². The zero-order chi connectivity index (χ0) is 14.9. The first-order chi connectivity index (χ1) is 9.27. The Hall–Kier alpha value is -0.850. The van der Waals surface area contributed by atoms with E-state index in [2.05, 4.69) is 15.9 Å². The minimum atomic E-state index is -4.33. The maximum Gasteiger partial charge on any atom is 0.416 e. The van der Waals surface area contributed by atoms with Gasteiger partial charge in [0.1, 0.15) is 0 Å².